The first-order chi connectivity index (χ1) is 28.7. The molecule has 0 unspecified atom stereocenters. The second-order valence-corrected chi connectivity index (χ2v) is 15.9. The Labute approximate surface area is 331 Å². The van der Waals surface area contributed by atoms with E-state index in [0.29, 0.717) is 0 Å². The van der Waals surface area contributed by atoms with Crippen LogP contribution in [-0.2, 0) is 0 Å². The van der Waals surface area contributed by atoms with Crippen LogP contribution in [0.4, 0.5) is 0 Å². The zero-order valence-electron chi connectivity index (χ0n) is 31.1. The van der Waals surface area contributed by atoms with Gasteiger partial charge in [-0.3, -0.25) is 0 Å². The van der Waals surface area contributed by atoms with Gasteiger partial charge in [0.05, 0.1) is 0 Å². The second-order valence-electron chi connectivity index (χ2n) is 15.9. The second kappa shape index (κ2) is 11.0. The van der Waals surface area contributed by atoms with Gasteiger partial charge in [-0.05, 0) is 111 Å². The highest BCUT2D eigenvalue weighted by molar-refractivity contribution is 6.27. The van der Waals surface area contributed by atoms with Crippen molar-refractivity contribution < 1.29 is 8.83 Å². The van der Waals surface area contributed by atoms with E-state index in [1.54, 1.807) is 0 Å². The van der Waals surface area contributed by atoms with Gasteiger partial charge in [-0.25, -0.2) is 0 Å². The van der Waals surface area contributed by atoms with Crippen LogP contribution >= 0.6 is 0 Å². The average Bonchev–Trinajstić information content (AvgIpc) is 3.85. The van der Waals surface area contributed by atoms with Crippen LogP contribution in [0.3, 0.4) is 0 Å². The Morgan fingerprint density at radius 1 is 0.241 bits per heavy atom. The summed E-state index contributed by atoms with van der Waals surface area (Å²) >= 11 is 0. The first kappa shape index (κ1) is 30.5. The molecule has 0 fully saturated rings. The lowest BCUT2D eigenvalue weighted by Gasteiger charge is -2.14. The molecule has 12 aromatic carbocycles. The van der Waals surface area contributed by atoms with Gasteiger partial charge in [0.1, 0.15) is 22.3 Å². The summed E-state index contributed by atoms with van der Waals surface area (Å²) in [5.74, 6) is 0. The van der Waals surface area contributed by atoms with Crippen LogP contribution in [0.25, 0.3) is 142 Å². The number of furan rings is 2. The predicted molar refractivity (Wildman–Crippen MR) is 245 cm³/mol. The fraction of sp³-hybridized carbons (Fsp3) is 0. The molecule has 58 heavy (non-hydrogen) atoms. The van der Waals surface area contributed by atoms with Crippen LogP contribution < -0.4 is 0 Å². The van der Waals surface area contributed by atoms with Gasteiger partial charge in [-0.1, -0.05) is 158 Å². The molecule has 266 valence electrons. The maximum Gasteiger partial charge on any atom is 0.143 e. The monoisotopic (exact) mass is 734 g/mol. The van der Waals surface area contributed by atoms with Gasteiger partial charge in [0.25, 0.3) is 0 Å². The van der Waals surface area contributed by atoms with Gasteiger partial charge < -0.3 is 8.83 Å². The molecule has 0 saturated heterocycles. The maximum atomic E-state index is 6.76. The van der Waals surface area contributed by atoms with Crippen LogP contribution in [0.5, 0.6) is 0 Å². The Morgan fingerprint density at radius 3 is 1.07 bits per heavy atom. The molecule has 0 aliphatic heterocycles. The lowest BCUT2D eigenvalue weighted by molar-refractivity contribution is 0.665. The van der Waals surface area contributed by atoms with E-state index in [9.17, 15) is 0 Å². The van der Waals surface area contributed by atoms with E-state index in [1.807, 2.05) is 0 Å². The van der Waals surface area contributed by atoms with Gasteiger partial charge in [0, 0.05) is 32.7 Å². The number of benzene rings is 12. The van der Waals surface area contributed by atoms with Crippen molar-refractivity contribution in [1.82, 2.24) is 0 Å². The Bertz CT molecular complexity index is 3730. The summed E-state index contributed by atoms with van der Waals surface area (Å²) in [7, 11) is 0. The lowest BCUT2D eigenvalue weighted by atomic mass is 9.89. The Morgan fingerprint density at radius 2 is 0.621 bits per heavy atom. The van der Waals surface area contributed by atoms with Crippen molar-refractivity contribution in [3.63, 3.8) is 0 Å². The molecule has 2 nitrogen and oxygen atoms in total. The van der Waals surface area contributed by atoms with Crippen LogP contribution in [0, 0.1) is 0 Å². The van der Waals surface area contributed by atoms with E-state index in [1.165, 1.54) is 86.9 Å². The van der Waals surface area contributed by atoms with E-state index in [4.69, 9.17) is 8.83 Å². The van der Waals surface area contributed by atoms with E-state index in [0.717, 1.165) is 55.0 Å². The Kier molecular flexibility index (Phi) is 5.79. The predicted octanol–water partition coefficient (Wildman–Crippen LogP) is 16.3. The van der Waals surface area contributed by atoms with Gasteiger partial charge >= 0.3 is 0 Å². The summed E-state index contributed by atoms with van der Waals surface area (Å²) in [6.45, 7) is 0. The zero-order valence-corrected chi connectivity index (χ0v) is 31.1. The number of hydrogen-bond acceptors (Lipinski definition) is 2. The van der Waals surface area contributed by atoms with Crippen LogP contribution in [0.15, 0.2) is 191 Å². The summed E-state index contributed by atoms with van der Waals surface area (Å²) in [5, 5.41) is 19.9. The summed E-state index contributed by atoms with van der Waals surface area (Å²) in [6.07, 6.45) is 0. The molecule has 2 heterocycles. The number of para-hydroxylation sites is 2. The van der Waals surface area contributed by atoms with Crippen molar-refractivity contribution in [2.45, 2.75) is 0 Å². The highest BCUT2D eigenvalue weighted by atomic mass is 16.3. The minimum atomic E-state index is 0.868. The molecule has 0 bridgehead atoms. The average molecular weight is 735 g/mol. The van der Waals surface area contributed by atoms with Crippen LogP contribution in [0.1, 0.15) is 0 Å². The van der Waals surface area contributed by atoms with Crippen molar-refractivity contribution in [3.05, 3.63) is 182 Å². The van der Waals surface area contributed by atoms with Crippen molar-refractivity contribution >= 4 is 109 Å². The number of rotatable bonds is 3. The van der Waals surface area contributed by atoms with Crippen molar-refractivity contribution in [3.8, 4) is 33.4 Å². The lowest BCUT2D eigenvalue weighted by Crippen LogP contribution is -1.87. The topological polar surface area (TPSA) is 26.3 Å². The molecule has 0 aliphatic carbocycles. The summed E-state index contributed by atoms with van der Waals surface area (Å²) in [4.78, 5) is 0. The molecule has 2 heteroatoms. The third-order valence-electron chi connectivity index (χ3n) is 13.0. The highest BCUT2D eigenvalue weighted by Crippen LogP contribution is 2.45. The van der Waals surface area contributed by atoms with Crippen LogP contribution in [0.2, 0.25) is 0 Å². The first-order valence-corrected chi connectivity index (χ1v) is 20.0. The molecule has 2 aromatic heterocycles. The fourth-order valence-corrected chi connectivity index (χ4v) is 10.3. The normalized spacial score (nSPS) is 12.5. The maximum absolute atomic E-state index is 6.76. The van der Waals surface area contributed by atoms with Gasteiger partial charge in [-0.15, -0.1) is 0 Å². The van der Waals surface area contributed by atoms with Gasteiger partial charge in [0.2, 0.25) is 0 Å². The third-order valence-corrected chi connectivity index (χ3v) is 13.0. The molecule has 0 radical (unpaired) electrons. The summed E-state index contributed by atoms with van der Waals surface area (Å²) in [5.41, 5.74) is 10.3. The smallest absolute Gasteiger partial charge is 0.143 e. The first-order valence-electron chi connectivity index (χ1n) is 20.0. The quantitative estimate of drug-likeness (QED) is 0.169. The van der Waals surface area contributed by atoms with Crippen molar-refractivity contribution in [2.24, 2.45) is 0 Å². The fourth-order valence-electron chi connectivity index (χ4n) is 10.3. The molecule has 0 N–H and O–H groups in total. The number of fused-ring (bicyclic) bond motifs is 6. The van der Waals surface area contributed by atoms with Gasteiger partial charge in [0.15, 0.2) is 0 Å². The molecular formula is C56H30O2. The highest BCUT2D eigenvalue weighted by Gasteiger charge is 2.20. The Hall–Kier alpha value is -7.68. The SMILES string of the molecule is c1cc2ccc3ccc(-c4ccc5oc6c(-c7cccc8c7oc7ccc(-c9ccc%10ccc%11cccc%12ccc9c%10c%11%12)cc78)cccc6c5c4)c4ccc(c1)c2c34. The molecule has 0 atom stereocenters. The van der Waals surface area contributed by atoms with Gasteiger partial charge in [-0.2, -0.15) is 0 Å². The molecule has 0 aliphatic rings. The summed E-state index contributed by atoms with van der Waals surface area (Å²) in [6, 6.07) is 66.6. The molecule has 0 saturated carbocycles. The largest absolute Gasteiger partial charge is 0.455 e. The van der Waals surface area contributed by atoms with E-state index < -0.39 is 0 Å². The molecule has 14 rings (SSSR count). The minimum absolute atomic E-state index is 0.868. The molecular weight excluding hydrogens is 705 g/mol. The van der Waals surface area contributed by atoms with Crippen molar-refractivity contribution in [2.75, 3.05) is 0 Å². The van der Waals surface area contributed by atoms with Crippen molar-refractivity contribution in [1.29, 1.82) is 0 Å². The van der Waals surface area contributed by atoms with E-state index >= 15 is 0 Å². The summed E-state index contributed by atoms with van der Waals surface area (Å²) < 4.78 is 13.5. The molecule has 0 amide bonds. The van der Waals surface area contributed by atoms with E-state index in [-0.39, 0.29) is 0 Å². The standard InChI is InChI=1S/C56H30O2/c1-5-31-13-15-35-17-23-39(41-25-19-33(7-1)51(31)53(35)41)37-21-27-49-47(29-37)45-11-3-9-43(55(45)57-49)44-10-4-12-46-48-30-38(22-28-50(48)58-56(44)46)40-24-18-36-16-14-32-6-2-8-34-20-26-42(40)54(36)52(32)34/h1-30H. The Balaban J connectivity index is 0.921. The molecule has 0 spiro atoms. The third kappa shape index (κ3) is 4.01. The minimum Gasteiger partial charge on any atom is -0.455 e. The zero-order chi connectivity index (χ0) is 37.6. The molecule has 14 aromatic rings. The van der Waals surface area contributed by atoms with E-state index in [2.05, 4.69) is 182 Å². The van der Waals surface area contributed by atoms with Crippen LogP contribution in [-0.4, -0.2) is 0 Å². The number of hydrogen-bond donors (Lipinski definition) is 0.